The monoisotopic (exact) mass is 410 g/mol. The van der Waals surface area contributed by atoms with E-state index in [0.717, 1.165) is 26.7 Å². The molecular weight excluding hydrogens is 397 g/mol. The van der Waals surface area contributed by atoms with Crippen molar-refractivity contribution in [3.8, 4) is 10.4 Å². The highest BCUT2D eigenvalue weighted by molar-refractivity contribution is 9.10. The van der Waals surface area contributed by atoms with Gasteiger partial charge in [-0.15, -0.1) is 11.3 Å². The van der Waals surface area contributed by atoms with Gasteiger partial charge in [0, 0.05) is 20.6 Å². The number of thiophene rings is 1. The van der Waals surface area contributed by atoms with E-state index >= 15 is 0 Å². The van der Waals surface area contributed by atoms with Crippen molar-refractivity contribution in [1.29, 1.82) is 0 Å². The number of alkyl halides is 3. The van der Waals surface area contributed by atoms with Gasteiger partial charge in [0.25, 0.3) is 0 Å². The highest BCUT2D eigenvalue weighted by Crippen LogP contribution is 2.35. The van der Waals surface area contributed by atoms with Crippen molar-refractivity contribution >= 4 is 27.3 Å². The van der Waals surface area contributed by atoms with E-state index in [0.29, 0.717) is 5.56 Å². The highest BCUT2D eigenvalue weighted by atomic mass is 79.9. The molecule has 3 aromatic rings. The van der Waals surface area contributed by atoms with Gasteiger partial charge in [-0.3, -0.25) is 0 Å². The molecule has 0 N–H and O–H groups in total. The summed E-state index contributed by atoms with van der Waals surface area (Å²) in [7, 11) is 0. The Labute approximate surface area is 151 Å². The molecule has 0 spiro atoms. The first-order valence-corrected chi connectivity index (χ1v) is 8.95. The van der Waals surface area contributed by atoms with Gasteiger partial charge < -0.3 is 0 Å². The van der Waals surface area contributed by atoms with Crippen molar-refractivity contribution in [2.75, 3.05) is 0 Å². The summed E-state index contributed by atoms with van der Waals surface area (Å²) < 4.78 is 39.6. The van der Waals surface area contributed by atoms with Crippen LogP contribution in [0.3, 0.4) is 0 Å². The third-order valence-electron chi connectivity index (χ3n) is 3.81. The Morgan fingerprint density at radius 1 is 1.00 bits per heavy atom. The highest BCUT2D eigenvalue weighted by Gasteiger charge is 2.30. The van der Waals surface area contributed by atoms with Gasteiger partial charge in [0.2, 0.25) is 0 Å². The van der Waals surface area contributed by atoms with Crippen LogP contribution in [0.15, 0.2) is 59.1 Å². The Morgan fingerprint density at radius 2 is 1.79 bits per heavy atom. The Bertz CT molecular complexity index is 865. The van der Waals surface area contributed by atoms with Crippen LogP contribution in [0.2, 0.25) is 0 Å². The largest absolute Gasteiger partial charge is 0.416 e. The summed E-state index contributed by atoms with van der Waals surface area (Å²) in [4.78, 5) is 1.98. The predicted octanol–water partition coefficient (Wildman–Crippen LogP) is 7.10. The molecule has 0 saturated carbocycles. The maximum absolute atomic E-state index is 12.9. The molecule has 24 heavy (non-hydrogen) atoms. The summed E-state index contributed by atoms with van der Waals surface area (Å²) in [6.07, 6.45) is -3.54. The quantitative estimate of drug-likeness (QED) is 0.431. The summed E-state index contributed by atoms with van der Waals surface area (Å²) in [6.45, 7) is 2.06. The van der Waals surface area contributed by atoms with E-state index in [4.69, 9.17) is 0 Å². The molecule has 0 nitrogen and oxygen atoms in total. The second-order valence-electron chi connectivity index (χ2n) is 5.59. The number of benzene rings is 2. The molecule has 5 heteroatoms. The van der Waals surface area contributed by atoms with Crippen LogP contribution >= 0.6 is 27.3 Å². The first kappa shape index (κ1) is 17.2. The topological polar surface area (TPSA) is 0 Å². The summed E-state index contributed by atoms with van der Waals surface area (Å²) in [6, 6.07) is 15.5. The van der Waals surface area contributed by atoms with E-state index in [1.165, 1.54) is 34.6 Å². The summed E-state index contributed by atoms with van der Waals surface area (Å²) in [5, 5.41) is 0. The maximum Gasteiger partial charge on any atom is 0.416 e. The number of halogens is 4. The Morgan fingerprint density at radius 3 is 2.54 bits per heavy atom. The molecule has 0 bridgehead atoms. The zero-order valence-electron chi connectivity index (χ0n) is 12.8. The fraction of sp³-hybridized carbons (Fsp3) is 0.158. The third kappa shape index (κ3) is 3.90. The van der Waals surface area contributed by atoms with Gasteiger partial charge in [0.05, 0.1) is 5.56 Å². The van der Waals surface area contributed by atoms with Gasteiger partial charge in [-0.05, 0) is 60.0 Å². The predicted molar refractivity (Wildman–Crippen MR) is 96.4 cm³/mol. The molecule has 0 unspecified atom stereocenters. The lowest BCUT2D eigenvalue weighted by Crippen LogP contribution is -2.04. The van der Waals surface area contributed by atoms with Crippen LogP contribution in [0.5, 0.6) is 0 Å². The molecule has 0 aliphatic heterocycles. The normalized spacial score (nSPS) is 11.7. The SMILES string of the molecule is Cc1ccc(Br)cc1Cc1ccc(-c2cccc(C(F)(F)F)c2)s1. The molecule has 3 rings (SSSR count). The van der Waals surface area contributed by atoms with Crippen LogP contribution in [0.4, 0.5) is 13.2 Å². The average Bonchev–Trinajstić information content (AvgIpc) is 2.99. The number of hydrogen-bond donors (Lipinski definition) is 0. The minimum Gasteiger partial charge on any atom is -0.166 e. The van der Waals surface area contributed by atoms with Crippen molar-refractivity contribution in [1.82, 2.24) is 0 Å². The van der Waals surface area contributed by atoms with E-state index in [9.17, 15) is 13.2 Å². The van der Waals surface area contributed by atoms with Crippen LogP contribution in [0.25, 0.3) is 10.4 Å². The minimum atomic E-state index is -4.32. The number of hydrogen-bond acceptors (Lipinski definition) is 1. The standard InChI is InChI=1S/C19H14BrF3S/c1-12-5-6-16(20)10-14(12)11-17-7-8-18(24-17)13-3-2-4-15(9-13)19(21,22)23/h2-10H,11H2,1H3. The van der Waals surface area contributed by atoms with Crippen molar-refractivity contribution in [2.24, 2.45) is 0 Å². The Hall–Kier alpha value is -1.59. The molecule has 0 atom stereocenters. The smallest absolute Gasteiger partial charge is 0.166 e. The maximum atomic E-state index is 12.9. The van der Waals surface area contributed by atoms with Gasteiger partial charge in [-0.1, -0.05) is 34.1 Å². The van der Waals surface area contributed by atoms with Gasteiger partial charge in [0.15, 0.2) is 0 Å². The molecule has 0 aliphatic carbocycles. The average molecular weight is 411 g/mol. The van der Waals surface area contributed by atoms with Crippen molar-refractivity contribution < 1.29 is 13.2 Å². The van der Waals surface area contributed by atoms with Crippen LogP contribution < -0.4 is 0 Å². The van der Waals surface area contributed by atoms with Crippen LogP contribution in [0.1, 0.15) is 21.6 Å². The van der Waals surface area contributed by atoms with Gasteiger partial charge >= 0.3 is 6.18 Å². The zero-order valence-corrected chi connectivity index (χ0v) is 15.2. The van der Waals surface area contributed by atoms with E-state index in [1.54, 1.807) is 6.07 Å². The van der Waals surface area contributed by atoms with Gasteiger partial charge in [-0.25, -0.2) is 0 Å². The fourth-order valence-electron chi connectivity index (χ4n) is 2.50. The lowest BCUT2D eigenvalue weighted by atomic mass is 10.1. The lowest BCUT2D eigenvalue weighted by molar-refractivity contribution is -0.137. The second-order valence-corrected chi connectivity index (χ2v) is 7.68. The fourth-order valence-corrected chi connectivity index (χ4v) is 3.93. The van der Waals surface area contributed by atoms with E-state index < -0.39 is 11.7 Å². The molecular formula is C19H14BrF3S. The molecule has 0 saturated heterocycles. The number of rotatable bonds is 3. The van der Waals surface area contributed by atoms with Crippen LogP contribution in [-0.2, 0) is 12.6 Å². The molecule has 1 aromatic heterocycles. The Balaban J connectivity index is 1.87. The summed E-state index contributed by atoms with van der Waals surface area (Å²) in [5.41, 5.74) is 2.40. The Kier molecular flexibility index (Phi) is 4.83. The molecule has 124 valence electrons. The first-order chi connectivity index (χ1) is 11.3. The van der Waals surface area contributed by atoms with E-state index in [-0.39, 0.29) is 0 Å². The third-order valence-corrected chi connectivity index (χ3v) is 5.44. The molecule has 0 amide bonds. The molecule has 0 fully saturated rings. The van der Waals surface area contributed by atoms with Crippen molar-refractivity contribution in [3.63, 3.8) is 0 Å². The first-order valence-electron chi connectivity index (χ1n) is 7.34. The van der Waals surface area contributed by atoms with Crippen LogP contribution in [-0.4, -0.2) is 0 Å². The molecule has 0 aliphatic rings. The van der Waals surface area contributed by atoms with Crippen LogP contribution in [0, 0.1) is 6.92 Å². The second kappa shape index (κ2) is 6.73. The van der Waals surface area contributed by atoms with Gasteiger partial charge in [-0.2, -0.15) is 13.2 Å². The van der Waals surface area contributed by atoms with Crippen molar-refractivity contribution in [3.05, 3.63) is 80.6 Å². The van der Waals surface area contributed by atoms with Crippen molar-refractivity contribution in [2.45, 2.75) is 19.5 Å². The van der Waals surface area contributed by atoms with E-state index in [2.05, 4.69) is 35.0 Å². The lowest BCUT2D eigenvalue weighted by Gasteiger charge is -2.07. The number of aryl methyl sites for hydroxylation is 1. The summed E-state index contributed by atoms with van der Waals surface area (Å²) in [5.74, 6) is 0. The summed E-state index contributed by atoms with van der Waals surface area (Å²) >= 11 is 5.01. The molecule has 0 radical (unpaired) electrons. The van der Waals surface area contributed by atoms with Gasteiger partial charge in [0.1, 0.15) is 0 Å². The minimum absolute atomic E-state index is 0.604. The molecule has 1 heterocycles. The van der Waals surface area contributed by atoms with E-state index in [1.807, 2.05) is 18.2 Å². The zero-order chi connectivity index (χ0) is 17.3. The molecule has 2 aromatic carbocycles.